The van der Waals surface area contributed by atoms with Gasteiger partial charge in [-0.15, -0.1) is 0 Å². The van der Waals surface area contributed by atoms with Crippen LogP contribution in [-0.4, -0.2) is 11.5 Å². The van der Waals surface area contributed by atoms with Gasteiger partial charge in [-0.3, -0.25) is 0 Å². The van der Waals surface area contributed by atoms with E-state index in [2.05, 4.69) is 110 Å². The standard InChI is InChI=1S/C27H21N2P/c1-5-13-23(14-6-1)29-22-27(21-28-29)30(24-15-7-2-8-16-24,25-17-9-3-10-18-25)26-19-11-4-12-20-26/h1-21H. The lowest BCUT2D eigenvalue weighted by Crippen LogP contribution is -2.31. The van der Waals surface area contributed by atoms with Crippen LogP contribution >= 0.6 is 6.89 Å². The third-order valence-corrected chi connectivity index (χ3v) is 9.46. The average Bonchev–Trinajstić information content (AvgIpc) is 3.33. The summed E-state index contributed by atoms with van der Waals surface area (Å²) in [5.74, 6) is 0. The summed E-state index contributed by atoms with van der Waals surface area (Å²) in [6.45, 7) is 1.48. The van der Waals surface area contributed by atoms with Crippen molar-refractivity contribution >= 4 is 40.0 Å². The highest BCUT2D eigenvalue weighted by molar-refractivity contribution is 7.96. The summed E-state index contributed by atoms with van der Waals surface area (Å²) in [6, 6.07) is 42.6. The van der Waals surface area contributed by atoms with Crippen LogP contribution in [0.2, 0.25) is 0 Å². The van der Waals surface area contributed by atoms with Crippen LogP contribution in [0, 0.1) is 6.54 Å². The first-order valence-corrected chi connectivity index (χ1v) is 11.8. The Morgan fingerprint density at radius 2 is 0.933 bits per heavy atom. The zero-order chi connectivity index (χ0) is 20.2. The van der Waals surface area contributed by atoms with Gasteiger partial charge in [-0.1, -0.05) is 109 Å². The number of para-hydroxylation sites is 1. The van der Waals surface area contributed by atoms with Crippen molar-refractivity contribution in [2.24, 2.45) is 5.10 Å². The van der Waals surface area contributed by atoms with Crippen molar-refractivity contribution in [2.75, 3.05) is 5.01 Å². The molecule has 2 radical (unpaired) electrons. The fourth-order valence-corrected chi connectivity index (χ4v) is 8.02. The molecule has 1 heterocycles. The molecule has 144 valence electrons. The quantitative estimate of drug-likeness (QED) is 0.450. The number of nitrogens with zero attached hydrogens (tertiary/aromatic N) is 2. The molecule has 2 nitrogen and oxygen atoms in total. The van der Waals surface area contributed by atoms with Gasteiger partial charge in [-0.05, 0) is 34.9 Å². The zero-order valence-electron chi connectivity index (χ0n) is 16.5. The third-order valence-electron chi connectivity index (χ3n) is 5.31. The Morgan fingerprint density at radius 3 is 1.37 bits per heavy atom. The van der Waals surface area contributed by atoms with Crippen LogP contribution in [0.5, 0.6) is 0 Å². The first kappa shape index (κ1) is 18.7. The van der Waals surface area contributed by atoms with Gasteiger partial charge in [0.2, 0.25) is 0 Å². The lowest BCUT2D eigenvalue weighted by molar-refractivity contribution is 1.07. The Hall–Kier alpha value is -3.35. The lowest BCUT2D eigenvalue weighted by atomic mass is 10.3. The molecule has 4 aromatic rings. The minimum atomic E-state index is -2.14. The van der Waals surface area contributed by atoms with Gasteiger partial charge in [0.25, 0.3) is 0 Å². The molecule has 3 heteroatoms. The Morgan fingerprint density at radius 1 is 0.533 bits per heavy atom. The Labute approximate surface area is 178 Å². The molecule has 4 aromatic carbocycles. The molecule has 0 amide bonds. The molecule has 0 unspecified atom stereocenters. The second-order valence-corrected chi connectivity index (χ2v) is 10.4. The first-order chi connectivity index (χ1) is 14.9. The minimum absolute atomic E-state index is 1.01. The van der Waals surface area contributed by atoms with Crippen LogP contribution in [0.1, 0.15) is 0 Å². The average molecular weight is 404 g/mol. The fourth-order valence-electron chi connectivity index (χ4n) is 3.96. The van der Waals surface area contributed by atoms with E-state index >= 15 is 0 Å². The van der Waals surface area contributed by atoms with Gasteiger partial charge < -0.3 is 0 Å². The lowest BCUT2D eigenvalue weighted by Gasteiger charge is -2.30. The number of hydrogen-bond acceptors (Lipinski definition) is 2. The van der Waals surface area contributed by atoms with Gasteiger partial charge in [0, 0.05) is 5.29 Å². The molecule has 0 spiro atoms. The van der Waals surface area contributed by atoms with E-state index in [0.29, 0.717) is 0 Å². The topological polar surface area (TPSA) is 15.6 Å². The molecule has 1 aliphatic rings. The Balaban J connectivity index is 1.82. The van der Waals surface area contributed by atoms with Crippen molar-refractivity contribution in [1.82, 2.24) is 0 Å². The largest absolute Gasteiger partial charge is 0.249 e. The van der Waals surface area contributed by atoms with E-state index in [1.807, 2.05) is 29.4 Å². The highest BCUT2D eigenvalue weighted by atomic mass is 31.2. The van der Waals surface area contributed by atoms with Crippen LogP contribution in [0.25, 0.3) is 0 Å². The van der Waals surface area contributed by atoms with Crippen molar-refractivity contribution in [3.8, 4) is 0 Å². The zero-order valence-corrected chi connectivity index (χ0v) is 17.4. The summed E-state index contributed by atoms with van der Waals surface area (Å²) in [5.41, 5.74) is 1.01. The van der Waals surface area contributed by atoms with Crippen LogP contribution in [0.15, 0.2) is 126 Å². The molecule has 0 N–H and O–H groups in total. The number of benzene rings is 4. The minimum Gasteiger partial charge on any atom is -0.249 e. The van der Waals surface area contributed by atoms with Gasteiger partial charge in [0.05, 0.1) is 11.9 Å². The molecule has 30 heavy (non-hydrogen) atoms. The van der Waals surface area contributed by atoms with Gasteiger partial charge >= 0.3 is 0 Å². The molecule has 0 fully saturated rings. The summed E-state index contributed by atoms with van der Waals surface area (Å²) >= 11 is 0. The molecule has 0 aliphatic carbocycles. The molecule has 0 saturated carbocycles. The molecule has 1 aliphatic heterocycles. The van der Waals surface area contributed by atoms with E-state index in [-0.39, 0.29) is 0 Å². The van der Waals surface area contributed by atoms with Gasteiger partial charge in [0.1, 0.15) is 0 Å². The maximum absolute atomic E-state index is 4.72. The molecular formula is C27H21N2P. The highest BCUT2D eigenvalue weighted by Crippen LogP contribution is 2.47. The molecular weight excluding hydrogens is 383 g/mol. The van der Waals surface area contributed by atoms with Crippen molar-refractivity contribution < 1.29 is 0 Å². The Bertz CT molecular complexity index is 1100. The maximum atomic E-state index is 4.72. The van der Waals surface area contributed by atoms with Crippen molar-refractivity contribution in [1.29, 1.82) is 0 Å². The smallest absolute Gasteiger partial charge is 0.155 e. The van der Waals surface area contributed by atoms with Crippen molar-refractivity contribution in [3.05, 3.63) is 128 Å². The van der Waals surface area contributed by atoms with E-state index in [1.165, 1.54) is 15.9 Å². The maximum Gasteiger partial charge on any atom is 0.155 e. The summed E-state index contributed by atoms with van der Waals surface area (Å²) in [6.07, 6.45) is 1.99. The molecule has 5 rings (SSSR count). The second-order valence-electron chi connectivity index (χ2n) is 7.07. The van der Waals surface area contributed by atoms with E-state index in [0.717, 1.165) is 11.0 Å². The number of hydrogen-bond donors (Lipinski definition) is 0. The van der Waals surface area contributed by atoms with E-state index in [4.69, 9.17) is 5.10 Å². The predicted molar refractivity (Wildman–Crippen MR) is 131 cm³/mol. The monoisotopic (exact) mass is 404 g/mol. The SMILES string of the molecule is [C]1C(=P(c2ccccc2)(c2ccccc2)c2ccccc2)C=NN1c1ccccc1. The molecule has 0 bridgehead atoms. The number of anilines is 1. The van der Waals surface area contributed by atoms with Gasteiger partial charge in [-0.25, -0.2) is 5.01 Å². The predicted octanol–water partition coefficient (Wildman–Crippen LogP) is 4.70. The second kappa shape index (κ2) is 8.18. The highest BCUT2D eigenvalue weighted by Gasteiger charge is 2.32. The van der Waals surface area contributed by atoms with Crippen LogP contribution in [0.4, 0.5) is 5.69 Å². The number of hydrazone groups is 1. The molecule has 0 aromatic heterocycles. The summed E-state index contributed by atoms with van der Waals surface area (Å²) in [5, 5.41) is 11.6. The first-order valence-electron chi connectivity index (χ1n) is 9.98. The molecule has 0 saturated heterocycles. The Kier molecular flexibility index (Phi) is 5.09. The van der Waals surface area contributed by atoms with Gasteiger partial charge in [-0.2, -0.15) is 5.10 Å². The molecule has 0 atom stereocenters. The number of rotatable bonds is 4. The van der Waals surface area contributed by atoms with E-state index in [9.17, 15) is 0 Å². The van der Waals surface area contributed by atoms with E-state index < -0.39 is 6.89 Å². The van der Waals surface area contributed by atoms with Crippen molar-refractivity contribution in [3.63, 3.8) is 0 Å². The van der Waals surface area contributed by atoms with Crippen LogP contribution < -0.4 is 20.9 Å². The summed E-state index contributed by atoms with van der Waals surface area (Å²) in [4.78, 5) is 0. The third kappa shape index (κ3) is 3.20. The van der Waals surface area contributed by atoms with Crippen LogP contribution in [0.3, 0.4) is 0 Å². The normalized spacial score (nSPS) is 13.6. The summed E-state index contributed by atoms with van der Waals surface area (Å²) in [7, 11) is 0. The van der Waals surface area contributed by atoms with Crippen molar-refractivity contribution in [2.45, 2.75) is 0 Å². The van der Waals surface area contributed by atoms with Crippen LogP contribution in [-0.2, 0) is 0 Å². The fraction of sp³-hybridized carbons (Fsp3) is 0. The summed E-state index contributed by atoms with van der Waals surface area (Å²) < 4.78 is 0. The van der Waals surface area contributed by atoms with E-state index in [1.54, 1.807) is 0 Å². The van der Waals surface area contributed by atoms with Gasteiger partial charge in [0.15, 0.2) is 6.54 Å².